The Bertz CT molecular complexity index is 827. The highest BCUT2D eigenvalue weighted by molar-refractivity contribution is 5.70. The van der Waals surface area contributed by atoms with Gasteiger partial charge in [-0.05, 0) is 36.1 Å². The second-order valence-electron chi connectivity index (χ2n) is 6.78. The van der Waals surface area contributed by atoms with Crippen LogP contribution in [0.25, 0.3) is 11.1 Å². The number of hydrogen-bond acceptors (Lipinski definition) is 3. The molecular weight excluding hydrogens is 336 g/mol. The van der Waals surface area contributed by atoms with Gasteiger partial charge in [0.2, 0.25) is 0 Å². The lowest BCUT2D eigenvalue weighted by Crippen LogP contribution is -1.99. The maximum atomic E-state index is 9.28. The summed E-state index contributed by atoms with van der Waals surface area (Å²) in [5.74, 6) is 0.841. The number of aliphatic hydroxyl groups is 1. The van der Waals surface area contributed by atoms with Crippen LogP contribution in [0.5, 0.6) is 5.75 Å². The van der Waals surface area contributed by atoms with Crippen LogP contribution in [0.4, 0.5) is 0 Å². The van der Waals surface area contributed by atoms with Crippen LogP contribution in [0, 0.1) is 0 Å². The molecule has 0 amide bonds. The first-order valence-corrected chi connectivity index (χ1v) is 9.73. The zero-order valence-corrected chi connectivity index (χ0v) is 16.0. The van der Waals surface area contributed by atoms with E-state index in [0.29, 0.717) is 13.0 Å². The van der Waals surface area contributed by atoms with Crippen molar-refractivity contribution in [1.29, 1.82) is 0 Å². The molecule has 2 aromatic carbocycles. The lowest BCUT2D eigenvalue weighted by Gasteiger charge is -2.12. The van der Waals surface area contributed by atoms with E-state index in [9.17, 15) is 5.11 Å². The molecule has 1 N–H and O–H groups in total. The summed E-state index contributed by atoms with van der Waals surface area (Å²) in [7, 11) is 0. The van der Waals surface area contributed by atoms with Gasteiger partial charge < -0.3 is 9.84 Å². The Labute approximate surface area is 161 Å². The van der Waals surface area contributed by atoms with Crippen LogP contribution in [0.1, 0.15) is 37.3 Å². The van der Waals surface area contributed by atoms with Crippen molar-refractivity contribution in [3.63, 3.8) is 0 Å². The van der Waals surface area contributed by atoms with Crippen molar-refractivity contribution in [1.82, 2.24) is 9.78 Å². The Kier molecular flexibility index (Phi) is 7.05. The fourth-order valence-corrected chi connectivity index (χ4v) is 3.10. The van der Waals surface area contributed by atoms with E-state index in [-0.39, 0.29) is 6.61 Å². The first-order chi connectivity index (χ1) is 13.3. The molecule has 0 bridgehead atoms. The second kappa shape index (κ2) is 9.93. The normalized spacial score (nSPS) is 10.9. The maximum absolute atomic E-state index is 9.28. The van der Waals surface area contributed by atoms with E-state index in [1.54, 1.807) is 0 Å². The van der Waals surface area contributed by atoms with E-state index in [1.165, 1.54) is 12.8 Å². The molecule has 0 aliphatic carbocycles. The molecular formula is C23H28N2O2. The van der Waals surface area contributed by atoms with Crippen molar-refractivity contribution in [3.8, 4) is 16.9 Å². The minimum atomic E-state index is 0.139. The SMILES string of the molecule is CCCCCn1cc(-c2cc(CCO)ccc2OCc2ccccc2)cn1. The Morgan fingerprint density at radius 1 is 1.04 bits per heavy atom. The van der Waals surface area contributed by atoms with Gasteiger partial charge in [-0.3, -0.25) is 4.68 Å². The minimum Gasteiger partial charge on any atom is -0.488 e. The lowest BCUT2D eigenvalue weighted by molar-refractivity contribution is 0.298. The summed E-state index contributed by atoms with van der Waals surface area (Å²) in [6.07, 6.45) is 8.18. The smallest absolute Gasteiger partial charge is 0.127 e. The number of aryl methyl sites for hydroxylation is 1. The first kappa shape index (κ1) is 19.2. The van der Waals surface area contributed by atoms with Crippen LogP contribution in [-0.4, -0.2) is 21.5 Å². The van der Waals surface area contributed by atoms with Crippen LogP contribution in [0.2, 0.25) is 0 Å². The van der Waals surface area contributed by atoms with Crippen molar-refractivity contribution >= 4 is 0 Å². The highest BCUT2D eigenvalue weighted by Gasteiger charge is 2.11. The molecule has 0 aliphatic rings. The number of rotatable bonds is 10. The third kappa shape index (κ3) is 5.44. The molecule has 0 radical (unpaired) electrons. The van der Waals surface area contributed by atoms with Gasteiger partial charge in [-0.2, -0.15) is 5.10 Å². The highest BCUT2D eigenvalue weighted by atomic mass is 16.5. The molecule has 1 heterocycles. The van der Waals surface area contributed by atoms with E-state index < -0.39 is 0 Å². The fourth-order valence-electron chi connectivity index (χ4n) is 3.10. The Morgan fingerprint density at radius 2 is 1.89 bits per heavy atom. The molecule has 3 aromatic rings. The molecule has 0 atom stereocenters. The molecule has 0 saturated heterocycles. The summed E-state index contributed by atoms with van der Waals surface area (Å²) < 4.78 is 8.12. The van der Waals surface area contributed by atoms with Gasteiger partial charge >= 0.3 is 0 Å². The van der Waals surface area contributed by atoms with Crippen LogP contribution >= 0.6 is 0 Å². The molecule has 0 saturated carbocycles. The predicted molar refractivity (Wildman–Crippen MR) is 109 cm³/mol. The minimum absolute atomic E-state index is 0.139. The van der Waals surface area contributed by atoms with Gasteiger partial charge in [-0.15, -0.1) is 0 Å². The van der Waals surface area contributed by atoms with E-state index in [4.69, 9.17) is 4.74 Å². The number of aromatic nitrogens is 2. The van der Waals surface area contributed by atoms with Gasteiger partial charge in [0.25, 0.3) is 0 Å². The Morgan fingerprint density at radius 3 is 2.67 bits per heavy atom. The van der Waals surface area contributed by atoms with Crippen molar-refractivity contribution in [3.05, 3.63) is 72.1 Å². The second-order valence-corrected chi connectivity index (χ2v) is 6.78. The molecule has 0 fully saturated rings. The van der Waals surface area contributed by atoms with E-state index in [2.05, 4.69) is 36.4 Å². The largest absolute Gasteiger partial charge is 0.488 e. The summed E-state index contributed by atoms with van der Waals surface area (Å²) in [5, 5.41) is 13.8. The molecule has 0 spiro atoms. The van der Waals surface area contributed by atoms with E-state index in [0.717, 1.165) is 41.0 Å². The van der Waals surface area contributed by atoms with Gasteiger partial charge in [0.1, 0.15) is 12.4 Å². The van der Waals surface area contributed by atoms with Gasteiger partial charge in [-0.1, -0.05) is 56.2 Å². The standard InChI is InChI=1S/C23H28N2O2/c1-2-3-7-13-25-17-21(16-24-25)22-15-19(12-14-26)10-11-23(22)27-18-20-8-5-4-6-9-20/h4-6,8-11,15-17,26H,2-3,7,12-14,18H2,1H3. The molecule has 3 rings (SSSR count). The topological polar surface area (TPSA) is 47.3 Å². The quantitative estimate of drug-likeness (QED) is 0.523. The Balaban J connectivity index is 1.81. The third-order valence-electron chi connectivity index (χ3n) is 4.62. The number of hydrogen-bond donors (Lipinski definition) is 1. The molecule has 1 aromatic heterocycles. The van der Waals surface area contributed by atoms with Crippen molar-refractivity contribution < 1.29 is 9.84 Å². The summed E-state index contributed by atoms with van der Waals surface area (Å²) in [6.45, 7) is 3.81. The highest BCUT2D eigenvalue weighted by Crippen LogP contribution is 2.32. The van der Waals surface area contributed by atoms with Gasteiger partial charge in [-0.25, -0.2) is 0 Å². The number of benzene rings is 2. The van der Waals surface area contributed by atoms with Crippen molar-refractivity contribution in [2.75, 3.05) is 6.61 Å². The Hall–Kier alpha value is -2.59. The van der Waals surface area contributed by atoms with Gasteiger partial charge in [0.15, 0.2) is 0 Å². The number of ether oxygens (including phenoxy) is 1. The molecule has 0 aliphatic heterocycles. The maximum Gasteiger partial charge on any atom is 0.127 e. The van der Waals surface area contributed by atoms with Gasteiger partial charge in [0, 0.05) is 30.5 Å². The van der Waals surface area contributed by atoms with Crippen molar-refractivity contribution in [2.45, 2.75) is 45.8 Å². The third-order valence-corrected chi connectivity index (χ3v) is 4.62. The summed E-state index contributed by atoms with van der Waals surface area (Å²) in [6, 6.07) is 16.3. The van der Waals surface area contributed by atoms with Crippen LogP contribution in [0.15, 0.2) is 60.9 Å². The molecule has 27 heavy (non-hydrogen) atoms. The summed E-state index contributed by atoms with van der Waals surface area (Å²) in [5.41, 5.74) is 4.31. The number of unbranched alkanes of at least 4 members (excludes halogenated alkanes) is 2. The zero-order valence-electron chi connectivity index (χ0n) is 16.0. The van der Waals surface area contributed by atoms with Crippen LogP contribution in [-0.2, 0) is 19.6 Å². The van der Waals surface area contributed by atoms with E-state index in [1.807, 2.05) is 41.2 Å². The van der Waals surface area contributed by atoms with E-state index >= 15 is 0 Å². The average molecular weight is 364 g/mol. The summed E-state index contributed by atoms with van der Waals surface area (Å²) >= 11 is 0. The number of nitrogens with zero attached hydrogens (tertiary/aromatic N) is 2. The molecule has 4 heteroatoms. The first-order valence-electron chi connectivity index (χ1n) is 9.73. The average Bonchev–Trinajstić information content (AvgIpc) is 3.17. The molecule has 4 nitrogen and oxygen atoms in total. The van der Waals surface area contributed by atoms with Crippen molar-refractivity contribution in [2.24, 2.45) is 0 Å². The summed E-state index contributed by atoms with van der Waals surface area (Å²) in [4.78, 5) is 0. The lowest BCUT2D eigenvalue weighted by atomic mass is 10.0. The van der Waals surface area contributed by atoms with Crippen LogP contribution < -0.4 is 4.74 Å². The fraction of sp³-hybridized carbons (Fsp3) is 0.348. The monoisotopic (exact) mass is 364 g/mol. The predicted octanol–water partition coefficient (Wildman–Crippen LogP) is 4.85. The number of aliphatic hydroxyl groups excluding tert-OH is 1. The molecule has 142 valence electrons. The van der Waals surface area contributed by atoms with Crippen LogP contribution in [0.3, 0.4) is 0 Å². The van der Waals surface area contributed by atoms with Gasteiger partial charge in [0.05, 0.1) is 6.20 Å². The molecule has 0 unspecified atom stereocenters. The zero-order chi connectivity index (χ0) is 18.9.